The SMILES string of the molecule is N#C/C(=C/Nc1ccc(Br)cc1)C(=O)NCCCN1CCCC1=O. The molecular formula is C17H19BrN4O2. The van der Waals surface area contributed by atoms with Crippen molar-refractivity contribution in [1.82, 2.24) is 10.2 Å². The fraction of sp³-hybridized carbons (Fsp3) is 0.353. The van der Waals surface area contributed by atoms with Gasteiger partial charge in [-0.15, -0.1) is 0 Å². The number of nitrogens with zero attached hydrogens (tertiary/aromatic N) is 2. The number of hydrogen-bond donors (Lipinski definition) is 2. The van der Waals surface area contributed by atoms with E-state index in [-0.39, 0.29) is 11.5 Å². The Morgan fingerprint density at radius 3 is 2.75 bits per heavy atom. The van der Waals surface area contributed by atoms with E-state index in [0.29, 0.717) is 25.9 Å². The van der Waals surface area contributed by atoms with Crippen molar-refractivity contribution in [2.75, 3.05) is 25.0 Å². The van der Waals surface area contributed by atoms with E-state index in [1.54, 1.807) is 0 Å². The predicted molar refractivity (Wildman–Crippen MR) is 94.9 cm³/mol. The van der Waals surface area contributed by atoms with E-state index in [0.717, 1.165) is 23.1 Å². The van der Waals surface area contributed by atoms with Gasteiger partial charge in [0.25, 0.3) is 5.91 Å². The molecule has 0 radical (unpaired) electrons. The molecule has 7 heteroatoms. The highest BCUT2D eigenvalue weighted by Gasteiger charge is 2.19. The van der Waals surface area contributed by atoms with Crippen molar-refractivity contribution < 1.29 is 9.59 Å². The molecule has 0 unspecified atom stereocenters. The number of anilines is 1. The minimum Gasteiger partial charge on any atom is -0.360 e. The Balaban J connectivity index is 1.76. The molecule has 1 aromatic carbocycles. The second-order valence-corrected chi connectivity index (χ2v) is 6.33. The molecule has 1 heterocycles. The summed E-state index contributed by atoms with van der Waals surface area (Å²) in [6.07, 6.45) is 3.60. The van der Waals surface area contributed by atoms with Crippen molar-refractivity contribution in [3.8, 4) is 6.07 Å². The maximum Gasteiger partial charge on any atom is 0.263 e. The number of hydrogen-bond acceptors (Lipinski definition) is 4. The van der Waals surface area contributed by atoms with Crippen LogP contribution in [0.25, 0.3) is 0 Å². The van der Waals surface area contributed by atoms with Crippen LogP contribution in [0.1, 0.15) is 19.3 Å². The number of nitrogens with one attached hydrogen (secondary N) is 2. The van der Waals surface area contributed by atoms with Crippen LogP contribution in [-0.4, -0.2) is 36.3 Å². The van der Waals surface area contributed by atoms with Gasteiger partial charge in [-0.3, -0.25) is 9.59 Å². The monoisotopic (exact) mass is 390 g/mol. The van der Waals surface area contributed by atoms with E-state index in [9.17, 15) is 9.59 Å². The molecule has 0 aromatic heterocycles. The van der Waals surface area contributed by atoms with E-state index in [1.165, 1.54) is 6.20 Å². The smallest absolute Gasteiger partial charge is 0.263 e. The third-order valence-corrected chi connectivity index (χ3v) is 4.18. The Morgan fingerprint density at radius 2 is 2.12 bits per heavy atom. The van der Waals surface area contributed by atoms with Crippen molar-refractivity contribution in [3.05, 3.63) is 40.5 Å². The number of nitriles is 1. The lowest BCUT2D eigenvalue weighted by molar-refractivity contribution is -0.127. The summed E-state index contributed by atoms with van der Waals surface area (Å²) in [6.45, 7) is 1.87. The average Bonchev–Trinajstić information content (AvgIpc) is 2.99. The molecule has 2 N–H and O–H groups in total. The second-order valence-electron chi connectivity index (χ2n) is 5.41. The standard InChI is InChI=1S/C17H19BrN4O2/c18-14-4-6-15(7-5-14)21-12-13(11-19)17(24)20-8-2-10-22-9-1-3-16(22)23/h4-7,12,21H,1-3,8-10H2,(H,20,24)/b13-12-. The van der Waals surface area contributed by atoms with E-state index in [2.05, 4.69) is 26.6 Å². The average molecular weight is 391 g/mol. The Kier molecular flexibility index (Phi) is 6.82. The molecule has 1 aliphatic heterocycles. The summed E-state index contributed by atoms with van der Waals surface area (Å²) in [5.74, 6) is -0.243. The lowest BCUT2D eigenvalue weighted by atomic mass is 10.2. The van der Waals surface area contributed by atoms with E-state index >= 15 is 0 Å². The van der Waals surface area contributed by atoms with Gasteiger partial charge in [-0.25, -0.2) is 0 Å². The maximum absolute atomic E-state index is 12.0. The van der Waals surface area contributed by atoms with Gasteiger partial charge < -0.3 is 15.5 Å². The topological polar surface area (TPSA) is 85.2 Å². The number of benzene rings is 1. The zero-order valence-corrected chi connectivity index (χ0v) is 14.8. The van der Waals surface area contributed by atoms with Crippen LogP contribution in [0.5, 0.6) is 0 Å². The molecule has 0 bridgehead atoms. The maximum atomic E-state index is 12.0. The van der Waals surface area contributed by atoms with Gasteiger partial charge in [-0.1, -0.05) is 15.9 Å². The molecule has 0 spiro atoms. The summed E-state index contributed by atoms with van der Waals surface area (Å²) in [5.41, 5.74) is 0.793. The number of amides is 2. The van der Waals surface area contributed by atoms with Crippen LogP contribution in [0.3, 0.4) is 0 Å². The highest BCUT2D eigenvalue weighted by Crippen LogP contribution is 2.14. The predicted octanol–water partition coefficient (Wildman–Crippen LogP) is 2.40. The minimum absolute atomic E-state index is 0.00941. The molecule has 2 rings (SSSR count). The van der Waals surface area contributed by atoms with Crippen molar-refractivity contribution in [2.24, 2.45) is 0 Å². The first-order valence-corrected chi connectivity index (χ1v) is 8.58. The molecule has 0 saturated carbocycles. The lowest BCUT2D eigenvalue weighted by Crippen LogP contribution is -2.31. The van der Waals surface area contributed by atoms with Crippen molar-refractivity contribution in [2.45, 2.75) is 19.3 Å². The molecule has 1 fully saturated rings. The van der Waals surface area contributed by atoms with E-state index in [1.807, 2.05) is 35.2 Å². The molecule has 2 amide bonds. The third kappa shape index (κ3) is 5.39. The van der Waals surface area contributed by atoms with Gasteiger partial charge in [-0.2, -0.15) is 5.26 Å². The van der Waals surface area contributed by atoms with E-state index in [4.69, 9.17) is 5.26 Å². The Hall–Kier alpha value is -2.33. The Bertz CT molecular complexity index is 664. The Labute approximate surface area is 149 Å². The fourth-order valence-electron chi connectivity index (χ4n) is 2.36. The first kappa shape index (κ1) is 18.0. The second kappa shape index (κ2) is 9.08. The summed E-state index contributed by atoms with van der Waals surface area (Å²) in [4.78, 5) is 25.3. The molecule has 1 aromatic rings. The Morgan fingerprint density at radius 1 is 1.38 bits per heavy atom. The summed E-state index contributed by atoms with van der Waals surface area (Å²) >= 11 is 3.34. The minimum atomic E-state index is -0.421. The molecule has 0 aliphatic carbocycles. The number of halogens is 1. The highest BCUT2D eigenvalue weighted by molar-refractivity contribution is 9.10. The molecule has 0 atom stereocenters. The van der Waals surface area contributed by atoms with Crippen LogP contribution in [0, 0.1) is 11.3 Å². The molecule has 1 aliphatic rings. The number of carbonyl (C=O) groups is 2. The van der Waals surface area contributed by atoms with Gasteiger partial charge in [0, 0.05) is 42.4 Å². The number of likely N-dealkylation sites (tertiary alicyclic amines) is 1. The summed E-state index contributed by atoms with van der Waals surface area (Å²) in [6, 6.07) is 9.28. The van der Waals surface area contributed by atoms with Crippen molar-refractivity contribution >= 4 is 33.4 Å². The molecule has 6 nitrogen and oxygen atoms in total. The van der Waals surface area contributed by atoms with Crippen LogP contribution >= 0.6 is 15.9 Å². The first-order valence-electron chi connectivity index (χ1n) is 7.78. The van der Waals surface area contributed by atoms with Crippen LogP contribution in [0.4, 0.5) is 5.69 Å². The normalized spacial score (nSPS) is 14.4. The molecule has 126 valence electrons. The van der Waals surface area contributed by atoms with Gasteiger partial charge in [-0.05, 0) is 37.1 Å². The summed E-state index contributed by atoms with van der Waals surface area (Å²) < 4.78 is 0.951. The fourth-order valence-corrected chi connectivity index (χ4v) is 2.62. The molecule has 24 heavy (non-hydrogen) atoms. The van der Waals surface area contributed by atoms with Crippen LogP contribution < -0.4 is 10.6 Å². The van der Waals surface area contributed by atoms with Crippen LogP contribution in [-0.2, 0) is 9.59 Å². The third-order valence-electron chi connectivity index (χ3n) is 3.65. The van der Waals surface area contributed by atoms with Gasteiger partial charge in [0.2, 0.25) is 5.91 Å². The molecule has 1 saturated heterocycles. The van der Waals surface area contributed by atoms with E-state index < -0.39 is 5.91 Å². The zero-order valence-electron chi connectivity index (χ0n) is 13.2. The van der Waals surface area contributed by atoms with Gasteiger partial charge in [0.15, 0.2) is 0 Å². The quantitative estimate of drug-likeness (QED) is 0.425. The number of rotatable bonds is 7. The largest absolute Gasteiger partial charge is 0.360 e. The van der Waals surface area contributed by atoms with Crippen LogP contribution in [0.15, 0.2) is 40.5 Å². The zero-order chi connectivity index (χ0) is 17.4. The lowest BCUT2D eigenvalue weighted by Gasteiger charge is -2.15. The summed E-state index contributed by atoms with van der Waals surface area (Å²) in [5, 5.41) is 14.7. The highest BCUT2D eigenvalue weighted by atomic mass is 79.9. The van der Waals surface area contributed by atoms with Crippen molar-refractivity contribution in [3.63, 3.8) is 0 Å². The van der Waals surface area contributed by atoms with Gasteiger partial charge in [0.1, 0.15) is 11.6 Å². The van der Waals surface area contributed by atoms with Gasteiger partial charge >= 0.3 is 0 Å². The van der Waals surface area contributed by atoms with Gasteiger partial charge in [0.05, 0.1) is 0 Å². The van der Waals surface area contributed by atoms with Crippen molar-refractivity contribution in [1.29, 1.82) is 5.26 Å². The molecular weight excluding hydrogens is 372 g/mol. The number of carbonyl (C=O) groups excluding carboxylic acids is 2. The van der Waals surface area contributed by atoms with Crippen LogP contribution in [0.2, 0.25) is 0 Å². The first-order chi connectivity index (χ1) is 11.6. The summed E-state index contributed by atoms with van der Waals surface area (Å²) in [7, 11) is 0.